The quantitative estimate of drug-likeness (QED) is 0.469. The van der Waals surface area contributed by atoms with Crippen LogP contribution in [-0.4, -0.2) is 28.8 Å². The SMILES string of the molecule is C=C(C)C(=O)Oc1ccc2c(c1)CCC(C(OC(=O)C(=C)C)C(C)(C)O)=C2. The largest absolute Gasteiger partial charge is 0.451 e. The van der Waals surface area contributed by atoms with Crippen LogP contribution in [0.2, 0.25) is 0 Å². The fourth-order valence-corrected chi connectivity index (χ4v) is 2.84. The van der Waals surface area contributed by atoms with Gasteiger partial charge in [-0.3, -0.25) is 0 Å². The molecule has 2 rings (SSSR count). The van der Waals surface area contributed by atoms with E-state index in [0.29, 0.717) is 24.2 Å². The summed E-state index contributed by atoms with van der Waals surface area (Å²) in [5.41, 5.74) is 2.17. The molecule has 5 heteroatoms. The first-order chi connectivity index (χ1) is 12.5. The fraction of sp³-hybridized carbons (Fsp3) is 0.364. The van der Waals surface area contributed by atoms with Crippen molar-refractivity contribution in [2.45, 2.75) is 52.2 Å². The minimum absolute atomic E-state index is 0.282. The summed E-state index contributed by atoms with van der Waals surface area (Å²) in [5, 5.41) is 10.5. The predicted molar refractivity (Wildman–Crippen MR) is 104 cm³/mol. The van der Waals surface area contributed by atoms with Crippen LogP contribution in [0.4, 0.5) is 0 Å². The van der Waals surface area contributed by atoms with Crippen LogP contribution in [0.5, 0.6) is 5.75 Å². The van der Waals surface area contributed by atoms with Crippen LogP contribution in [-0.2, 0) is 20.7 Å². The van der Waals surface area contributed by atoms with Gasteiger partial charge in [-0.1, -0.05) is 25.3 Å². The van der Waals surface area contributed by atoms with Gasteiger partial charge in [-0.25, -0.2) is 9.59 Å². The van der Waals surface area contributed by atoms with Crippen LogP contribution < -0.4 is 4.74 Å². The molecule has 27 heavy (non-hydrogen) atoms. The van der Waals surface area contributed by atoms with E-state index in [9.17, 15) is 14.7 Å². The van der Waals surface area contributed by atoms with Crippen LogP contribution in [0.1, 0.15) is 45.2 Å². The Bertz CT molecular complexity index is 824. The van der Waals surface area contributed by atoms with Gasteiger partial charge in [-0.15, -0.1) is 0 Å². The maximum atomic E-state index is 12.0. The Labute approximate surface area is 160 Å². The number of esters is 2. The van der Waals surface area contributed by atoms with E-state index in [1.165, 1.54) is 0 Å². The van der Waals surface area contributed by atoms with Crippen molar-refractivity contribution in [3.63, 3.8) is 0 Å². The second-order valence-electron chi connectivity index (χ2n) is 7.47. The molecule has 1 aromatic rings. The standard InChI is InChI=1S/C22H26O5/c1-13(2)20(23)26-18-10-9-15-11-17(8-7-16(15)12-18)19(22(5,6)25)27-21(24)14(3)4/h9-12,19,25H,1,3,7-8H2,2,4-6H3. The molecule has 0 aromatic heterocycles. The average Bonchev–Trinajstić information content (AvgIpc) is 2.57. The molecule has 0 spiro atoms. The fourth-order valence-electron chi connectivity index (χ4n) is 2.84. The molecule has 1 N–H and O–H groups in total. The molecular formula is C22H26O5. The van der Waals surface area contributed by atoms with Crippen LogP contribution in [0, 0.1) is 0 Å². The molecule has 1 unspecified atom stereocenters. The summed E-state index contributed by atoms with van der Waals surface area (Å²) in [4.78, 5) is 23.6. The van der Waals surface area contributed by atoms with E-state index in [1.54, 1.807) is 33.8 Å². The van der Waals surface area contributed by atoms with Gasteiger partial charge in [0.2, 0.25) is 0 Å². The second kappa shape index (κ2) is 7.92. The number of benzene rings is 1. The lowest BCUT2D eigenvalue weighted by Crippen LogP contribution is -2.41. The van der Waals surface area contributed by atoms with Crippen molar-refractivity contribution in [3.05, 3.63) is 59.2 Å². The van der Waals surface area contributed by atoms with Crippen molar-refractivity contribution in [1.82, 2.24) is 0 Å². The number of aryl methyl sites for hydroxylation is 1. The molecule has 0 amide bonds. The molecule has 1 atom stereocenters. The summed E-state index contributed by atoms with van der Waals surface area (Å²) < 4.78 is 10.8. The highest BCUT2D eigenvalue weighted by molar-refractivity contribution is 5.89. The van der Waals surface area contributed by atoms with Gasteiger partial charge >= 0.3 is 11.9 Å². The first-order valence-electron chi connectivity index (χ1n) is 8.79. The van der Waals surface area contributed by atoms with Gasteiger partial charge < -0.3 is 14.6 Å². The van der Waals surface area contributed by atoms with Gasteiger partial charge in [-0.05, 0) is 69.4 Å². The van der Waals surface area contributed by atoms with E-state index in [-0.39, 0.29) is 5.57 Å². The van der Waals surface area contributed by atoms with Gasteiger partial charge in [0.05, 0.1) is 5.60 Å². The zero-order valence-corrected chi connectivity index (χ0v) is 16.3. The number of hydrogen-bond acceptors (Lipinski definition) is 5. The lowest BCUT2D eigenvalue weighted by molar-refractivity contribution is -0.153. The molecule has 0 aliphatic heterocycles. The van der Waals surface area contributed by atoms with Gasteiger partial charge in [0.25, 0.3) is 0 Å². The molecule has 0 saturated heterocycles. The minimum Gasteiger partial charge on any atom is -0.451 e. The monoisotopic (exact) mass is 370 g/mol. The lowest BCUT2D eigenvalue weighted by atomic mass is 9.84. The third-order valence-corrected chi connectivity index (χ3v) is 4.25. The molecule has 1 aromatic carbocycles. The van der Waals surface area contributed by atoms with E-state index in [1.807, 2.05) is 18.2 Å². The van der Waals surface area contributed by atoms with E-state index in [4.69, 9.17) is 9.47 Å². The van der Waals surface area contributed by atoms with Crippen molar-refractivity contribution in [2.24, 2.45) is 0 Å². The number of rotatable bonds is 6. The van der Waals surface area contributed by atoms with Gasteiger partial charge in [0.15, 0.2) is 6.10 Å². The molecular weight excluding hydrogens is 344 g/mol. The minimum atomic E-state index is -1.23. The number of hydrogen-bond donors (Lipinski definition) is 1. The highest BCUT2D eigenvalue weighted by Gasteiger charge is 2.34. The summed E-state index contributed by atoms with van der Waals surface area (Å²) in [6, 6.07) is 5.37. The normalized spacial score (nSPS) is 14.5. The highest BCUT2D eigenvalue weighted by Crippen LogP contribution is 2.33. The summed E-state index contributed by atoms with van der Waals surface area (Å²) in [6.07, 6.45) is 2.44. The molecule has 1 aliphatic carbocycles. The molecule has 0 saturated carbocycles. The number of carbonyl (C=O) groups is 2. The van der Waals surface area contributed by atoms with E-state index in [2.05, 4.69) is 13.2 Å². The Morgan fingerprint density at radius 3 is 2.30 bits per heavy atom. The smallest absolute Gasteiger partial charge is 0.338 e. The van der Waals surface area contributed by atoms with Crippen LogP contribution >= 0.6 is 0 Å². The number of ether oxygens (including phenoxy) is 2. The highest BCUT2D eigenvalue weighted by atomic mass is 16.6. The first kappa shape index (κ1) is 20.6. The Morgan fingerprint density at radius 1 is 1.11 bits per heavy atom. The molecule has 5 nitrogen and oxygen atoms in total. The third kappa shape index (κ3) is 5.17. The molecule has 0 fully saturated rings. The molecule has 0 heterocycles. The van der Waals surface area contributed by atoms with Crippen LogP contribution in [0.15, 0.2) is 48.1 Å². The van der Waals surface area contributed by atoms with Crippen LogP contribution in [0.3, 0.4) is 0 Å². The number of carbonyl (C=O) groups excluding carboxylic acids is 2. The zero-order chi connectivity index (χ0) is 20.4. The Balaban J connectivity index is 2.29. The summed E-state index contributed by atoms with van der Waals surface area (Å²) in [5.74, 6) is -0.530. The molecule has 0 radical (unpaired) electrons. The Kier molecular flexibility index (Phi) is 6.06. The Morgan fingerprint density at radius 2 is 1.74 bits per heavy atom. The summed E-state index contributed by atoms with van der Waals surface area (Å²) in [7, 11) is 0. The van der Waals surface area contributed by atoms with E-state index in [0.717, 1.165) is 16.7 Å². The summed E-state index contributed by atoms with van der Waals surface area (Å²) in [6.45, 7) is 13.6. The topological polar surface area (TPSA) is 72.8 Å². The zero-order valence-electron chi connectivity index (χ0n) is 16.3. The molecule has 1 aliphatic rings. The average molecular weight is 370 g/mol. The van der Waals surface area contributed by atoms with Crippen molar-refractivity contribution in [3.8, 4) is 5.75 Å². The van der Waals surface area contributed by atoms with Crippen molar-refractivity contribution >= 4 is 18.0 Å². The number of fused-ring (bicyclic) bond motifs is 1. The maximum Gasteiger partial charge on any atom is 0.338 e. The first-order valence-corrected chi connectivity index (χ1v) is 8.79. The predicted octanol–water partition coefficient (Wildman–Crippen LogP) is 3.76. The molecule has 144 valence electrons. The van der Waals surface area contributed by atoms with E-state index >= 15 is 0 Å². The van der Waals surface area contributed by atoms with Crippen molar-refractivity contribution in [1.29, 1.82) is 0 Å². The second-order valence-corrected chi connectivity index (χ2v) is 7.47. The number of aliphatic hydroxyl groups is 1. The van der Waals surface area contributed by atoms with E-state index < -0.39 is 23.6 Å². The van der Waals surface area contributed by atoms with Gasteiger partial charge in [-0.2, -0.15) is 0 Å². The molecule has 0 bridgehead atoms. The lowest BCUT2D eigenvalue weighted by Gasteiger charge is -2.33. The van der Waals surface area contributed by atoms with Crippen molar-refractivity contribution in [2.75, 3.05) is 0 Å². The van der Waals surface area contributed by atoms with Crippen molar-refractivity contribution < 1.29 is 24.2 Å². The van der Waals surface area contributed by atoms with Gasteiger partial charge in [0.1, 0.15) is 5.75 Å². The van der Waals surface area contributed by atoms with Crippen LogP contribution in [0.25, 0.3) is 6.08 Å². The van der Waals surface area contributed by atoms with Gasteiger partial charge in [0, 0.05) is 11.1 Å². The third-order valence-electron chi connectivity index (χ3n) is 4.25. The maximum absolute atomic E-state index is 12.0. The summed E-state index contributed by atoms with van der Waals surface area (Å²) >= 11 is 0. The Hall–Kier alpha value is -2.66.